The zero-order valence-electron chi connectivity index (χ0n) is 19.1. The Morgan fingerprint density at radius 3 is 1.29 bits per heavy atom. The van der Waals surface area contributed by atoms with Gasteiger partial charge in [0.2, 0.25) is 0 Å². The van der Waals surface area contributed by atoms with Crippen LogP contribution in [0.3, 0.4) is 0 Å². The third kappa shape index (κ3) is 16.6. The summed E-state index contributed by atoms with van der Waals surface area (Å²) in [7, 11) is 0. The fourth-order valence-corrected chi connectivity index (χ4v) is 2.92. The Hall–Kier alpha value is -0.330. The normalized spacial score (nSPS) is 13.2. The van der Waals surface area contributed by atoms with E-state index in [1.807, 2.05) is 0 Å². The second kappa shape index (κ2) is 18.7. The maximum absolute atomic E-state index is 12.2. The predicted octanol–water partition coefficient (Wildman–Crippen LogP) is 7.88. The number of halogens is 3. The molecule has 0 saturated heterocycles. The van der Waals surface area contributed by atoms with Crippen LogP contribution in [0.2, 0.25) is 0 Å². The fourth-order valence-electron chi connectivity index (χ4n) is 2.92. The Morgan fingerprint density at radius 1 is 0.643 bits per heavy atom. The summed E-state index contributed by atoms with van der Waals surface area (Å²) >= 11 is 0. The lowest BCUT2D eigenvalue weighted by Crippen LogP contribution is -2.46. The van der Waals surface area contributed by atoms with Crippen molar-refractivity contribution in [3.05, 3.63) is 0 Å². The smallest absolute Gasteiger partial charge is 0.328 e. The van der Waals surface area contributed by atoms with Gasteiger partial charge in [-0.1, -0.05) is 72.1 Å². The first kappa shape index (κ1) is 29.9. The van der Waals surface area contributed by atoms with Crippen molar-refractivity contribution >= 4 is 0 Å². The van der Waals surface area contributed by atoms with Gasteiger partial charge in [0.05, 0.1) is 0 Å². The Labute approximate surface area is 171 Å². The topological polar surface area (TPSA) is 27.7 Å². The van der Waals surface area contributed by atoms with Crippen LogP contribution in [0.1, 0.15) is 106 Å². The quantitative estimate of drug-likeness (QED) is 0.190. The van der Waals surface area contributed by atoms with E-state index in [0.29, 0.717) is 19.8 Å². The molecule has 0 N–H and O–H groups in total. The second-order valence-electron chi connectivity index (χ2n) is 7.08. The SMILES string of the molecule is CCCCCCCCCC.CCOC(OCC)(OCC)C(C)CCC(F)(F)F. The molecule has 0 aliphatic heterocycles. The summed E-state index contributed by atoms with van der Waals surface area (Å²) in [6.45, 7) is 12.4. The van der Waals surface area contributed by atoms with Gasteiger partial charge in [-0.15, -0.1) is 0 Å². The summed E-state index contributed by atoms with van der Waals surface area (Å²) < 4.78 is 53.0. The van der Waals surface area contributed by atoms with E-state index in [9.17, 15) is 13.2 Å². The molecule has 0 spiro atoms. The van der Waals surface area contributed by atoms with Crippen LogP contribution < -0.4 is 0 Å². The maximum atomic E-state index is 12.2. The average Bonchev–Trinajstić information content (AvgIpc) is 2.63. The van der Waals surface area contributed by atoms with Crippen molar-refractivity contribution in [2.24, 2.45) is 5.92 Å². The highest BCUT2D eigenvalue weighted by Gasteiger charge is 2.41. The minimum absolute atomic E-state index is 0.0938. The highest BCUT2D eigenvalue weighted by molar-refractivity contribution is 4.69. The minimum Gasteiger partial charge on any atom is -0.328 e. The number of ether oxygens (including phenoxy) is 3. The number of hydrogen-bond acceptors (Lipinski definition) is 3. The van der Waals surface area contributed by atoms with Gasteiger partial charge in [-0.3, -0.25) is 0 Å². The van der Waals surface area contributed by atoms with Gasteiger partial charge in [-0.25, -0.2) is 0 Å². The zero-order valence-corrected chi connectivity index (χ0v) is 19.1. The molecule has 0 fully saturated rings. The van der Waals surface area contributed by atoms with Crippen molar-refractivity contribution in [2.45, 2.75) is 118 Å². The molecule has 1 atom stereocenters. The lowest BCUT2D eigenvalue weighted by Gasteiger charge is -2.37. The van der Waals surface area contributed by atoms with E-state index in [1.165, 1.54) is 51.4 Å². The average molecular weight is 415 g/mol. The van der Waals surface area contributed by atoms with Crippen LogP contribution in [0, 0.1) is 5.92 Å². The van der Waals surface area contributed by atoms with E-state index in [-0.39, 0.29) is 6.42 Å². The standard InChI is InChI=1S/C12H23F3O3.C10H22/c1-5-16-12(17-6-2,18-7-3)10(4)8-9-11(13,14)15;1-3-5-7-9-10-8-6-4-2/h10H,5-9H2,1-4H3;3-10H2,1-2H3. The highest BCUT2D eigenvalue weighted by atomic mass is 19.4. The van der Waals surface area contributed by atoms with Crippen LogP contribution in [0.4, 0.5) is 13.2 Å². The molecule has 1 unspecified atom stereocenters. The van der Waals surface area contributed by atoms with Gasteiger partial charge >= 0.3 is 6.18 Å². The van der Waals surface area contributed by atoms with Gasteiger partial charge < -0.3 is 14.2 Å². The molecule has 0 aliphatic rings. The van der Waals surface area contributed by atoms with Gasteiger partial charge in [0.15, 0.2) is 0 Å². The van der Waals surface area contributed by atoms with Crippen LogP contribution in [-0.4, -0.2) is 32.0 Å². The van der Waals surface area contributed by atoms with Crippen LogP contribution in [0.5, 0.6) is 0 Å². The third-order valence-corrected chi connectivity index (χ3v) is 4.46. The molecule has 0 heterocycles. The summed E-state index contributed by atoms with van der Waals surface area (Å²) in [5.74, 6) is -1.87. The van der Waals surface area contributed by atoms with Crippen molar-refractivity contribution in [2.75, 3.05) is 19.8 Å². The van der Waals surface area contributed by atoms with Crippen LogP contribution >= 0.6 is 0 Å². The van der Waals surface area contributed by atoms with Gasteiger partial charge in [0, 0.05) is 32.2 Å². The molecular formula is C22H45F3O3. The summed E-state index contributed by atoms with van der Waals surface area (Å²) in [5.41, 5.74) is 0. The first-order valence-electron chi connectivity index (χ1n) is 11.2. The van der Waals surface area contributed by atoms with E-state index >= 15 is 0 Å². The molecule has 3 nitrogen and oxygen atoms in total. The molecule has 0 radical (unpaired) electrons. The first-order valence-corrected chi connectivity index (χ1v) is 11.2. The number of hydrogen-bond donors (Lipinski definition) is 0. The van der Waals surface area contributed by atoms with Gasteiger partial charge in [0.25, 0.3) is 5.97 Å². The predicted molar refractivity (Wildman–Crippen MR) is 110 cm³/mol. The lowest BCUT2D eigenvalue weighted by atomic mass is 10.0. The van der Waals surface area contributed by atoms with Gasteiger partial charge in [-0.2, -0.15) is 13.2 Å². The third-order valence-electron chi connectivity index (χ3n) is 4.46. The largest absolute Gasteiger partial charge is 0.389 e. The van der Waals surface area contributed by atoms with E-state index in [1.54, 1.807) is 27.7 Å². The molecule has 0 aromatic carbocycles. The molecule has 0 aromatic rings. The summed E-state index contributed by atoms with van der Waals surface area (Å²) in [4.78, 5) is 0. The Morgan fingerprint density at radius 2 is 1.00 bits per heavy atom. The molecule has 28 heavy (non-hydrogen) atoms. The van der Waals surface area contributed by atoms with Crippen LogP contribution in [-0.2, 0) is 14.2 Å². The molecule has 172 valence electrons. The maximum Gasteiger partial charge on any atom is 0.389 e. The summed E-state index contributed by atoms with van der Waals surface area (Å²) in [6, 6.07) is 0. The van der Waals surface area contributed by atoms with E-state index in [0.717, 1.165) is 0 Å². The molecule has 6 heteroatoms. The lowest BCUT2D eigenvalue weighted by molar-refractivity contribution is -0.401. The molecule has 0 amide bonds. The van der Waals surface area contributed by atoms with Gasteiger partial charge in [0.1, 0.15) is 0 Å². The Bertz CT molecular complexity index is 298. The van der Waals surface area contributed by atoms with Crippen molar-refractivity contribution in [3.63, 3.8) is 0 Å². The fraction of sp³-hybridized carbons (Fsp3) is 1.00. The molecule has 0 aromatic heterocycles. The number of alkyl halides is 3. The van der Waals surface area contributed by atoms with Gasteiger partial charge in [-0.05, 0) is 27.2 Å². The van der Waals surface area contributed by atoms with Crippen molar-refractivity contribution in [1.29, 1.82) is 0 Å². The Balaban J connectivity index is 0. The summed E-state index contributed by atoms with van der Waals surface area (Å²) in [6.07, 6.45) is 6.32. The van der Waals surface area contributed by atoms with Crippen molar-refractivity contribution < 1.29 is 27.4 Å². The Kier molecular flexibility index (Phi) is 19.9. The molecule has 0 saturated carbocycles. The number of rotatable bonds is 16. The summed E-state index contributed by atoms with van der Waals surface area (Å²) in [5, 5.41) is 0. The van der Waals surface area contributed by atoms with Crippen LogP contribution in [0.15, 0.2) is 0 Å². The zero-order chi connectivity index (χ0) is 21.9. The molecule has 0 aliphatic carbocycles. The van der Waals surface area contributed by atoms with E-state index < -0.39 is 24.5 Å². The highest BCUT2D eigenvalue weighted by Crippen LogP contribution is 2.33. The molecule has 0 rings (SSSR count). The minimum atomic E-state index is -4.18. The van der Waals surface area contributed by atoms with E-state index in [2.05, 4.69) is 13.8 Å². The van der Waals surface area contributed by atoms with Crippen molar-refractivity contribution in [1.82, 2.24) is 0 Å². The molecular weight excluding hydrogens is 369 g/mol. The molecule has 0 bridgehead atoms. The van der Waals surface area contributed by atoms with Crippen molar-refractivity contribution in [3.8, 4) is 0 Å². The second-order valence-corrected chi connectivity index (χ2v) is 7.08. The monoisotopic (exact) mass is 414 g/mol. The van der Waals surface area contributed by atoms with E-state index in [4.69, 9.17) is 14.2 Å². The van der Waals surface area contributed by atoms with Crippen LogP contribution in [0.25, 0.3) is 0 Å². The first-order chi connectivity index (χ1) is 13.2. The number of unbranched alkanes of at least 4 members (excludes halogenated alkanes) is 7.